The second-order valence-corrected chi connectivity index (χ2v) is 15.9. The number of ether oxygens (including phenoxy) is 1. The molecule has 1 aromatic heterocycles. The van der Waals surface area contributed by atoms with E-state index in [9.17, 15) is 0 Å². The van der Waals surface area contributed by atoms with Crippen LogP contribution in [0.2, 0.25) is 0 Å². The van der Waals surface area contributed by atoms with Crippen LogP contribution in [-0.4, -0.2) is 9.97 Å². The lowest BCUT2D eigenvalue weighted by atomic mass is 9.64. The standard InChI is InChI=1S/C57H38N2O/c1-3-15-38(16-4-1)42-32-33-47(44-20-8-7-19-43(42)44)53-36-52(58-56(59-53)40-17-5-2-6-18-40)39-29-27-37(28-30-39)41-31-34-55-51(35-41)57(50-25-13-14-26-54(50)60-55)48-23-11-9-21-45(48)46-22-10-12-24-49(46)57/h1-11,13-23,25-36H,12,24H2. The summed E-state index contributed by atoms with van der Waals surface area (Å²) in [5.41, 5.74) is 17.0. The smallest absolute Gasteiger partial charge is 0.160 e. The minimum atomic E-state index is -0.425. The molecular weight excluding hydrogens is 729 g/mol. The number of hydrogen-bond acceptors (Lipinski definition) is 3. The highest BCUT2D eigenvalue weighted by Gasteiger charge is 2.52. The molecule has 0 fully saturated rings. The molecule has 2 aliphatic carbocycles. The van der Waals surface area contributed by atoms with Gasteiger partial charge in [-0.3, -0.25) is 0 Å². The maximum absolute atomic E-state index is 6.72. The fourth-order valence-electron chi connectivity index (χ4n) is 10.0. The van der Waals surface area contributed by atoms with Gasteiger partial charge in [-0.05, 0) is 92.4 Å². The van der Waals surface area contributed by atoms with Gasteiger partial charge in [-0.2, -0.15) is 0 Å². The molecule has 3 aliphatic rings. The van der Waals surface area contributed by atoms with Gasteiger partial charge in [-0.15, -0.1) is 0 Å². The summed E-state index contributed by atoms with van der Waals surface area (Å²) in [5, 5.41) is 2.35. The molecule has 1 unspecified atom stereocenters. The topological polar surface area (TPSA) is 35.0 Å². The van der Waals surface area contributed by atoms with Gasteiger partial charge in [0.25, 0.3) is 0 Å². The number of nitrogens with zero attached hydrogens (tertiary/aromatic N) is 2. The summed E-state index contributed by atoms with van der Waals surface area (Å²) in [5.74, 6) is 2.55. The molecule has 0 radical (unpaired) electrons. The molecule has 9 aromatic rings. The molecule has 12 rings (SSSR count). The van der Waals surface area contributed by atoms with Crippen LogP contribution in [0.25, 0.3) is 72.5 Å². The monoisotopic (exact) mass is 766 g/mol. The third kappa shape index (κ3) is 5.29. The van der Waals surface area contributed by atoms with Crippen LogP contribution in [-0.2, 0) is 5.41 Å². The summed E-state index contributed by atoms with van der Waals surface area (Å²) in [6.07, 6.45) is 6.70. The molecule has 0 N–H and O–H groups in total. The SMILES string of the molecule is C1=CC2=C(CC1)C1(c3ccccc3Oc3ccc(-c4ccc(-c5cc(-c6ccc(-c7ccccc7)c7ccccc67)nc(-c6ccccc6)n5)cc4)cc31)c1ccccc12. The van der Waals surface area contributed by atoms with Gasteiger partial charge in [-0.25, -0.2) is 9.97 Å². The fraction of sp³-hybridized carbons (Fsp3) is 0.0526. The molecule has 2 heterocycles. The second-order valence-electron chi connectivity index (χ2n) is 15.9. The van der Waals surface area contributed by atoms with Crippen molar-refractivity contribution >= 4 is 16.3 Å². The highest BCUT2D eigenvalue weighted by molar-refractivity contribution is 6.05. The molecule has 60 heavy (non-hydrogen) atoms. The third-order valence-corrected chi connectivity index (χ3v) is 12.7. The van der Waals surface area contributed by atoms with Crippen molar-refractivity contribution in [2.24, 2.45) is 0 Å². The predicted octanol–water partition coefficient (Wildman–Crippen LogP) is 14.5. The van der Waals surface area contributed by atoms with E-state index in [1.165, 1.54) is 49.9 Å². The summed E-state index contributed by atoms with van der Waals surface area (Å²) >= 11 is 0. The number of para-hydroxylation sites is 1. The molecule has 1 spiro atoms. The van der Waals surface area contributed by atoms with Crippen LogP contribution < -0.4 is 4.74 Å². The molecule has 0 saturated heterocycles. The van der Waals surface area contributed by atoms with Crippen molar-refractivity contribution in [2.45, 2.75) is 18.3 Å². The quantitative estimate of drug-likeness (QED) is 0.175. The Morgan fingerprint density at radius 2 is 1.03 bits per heavy atom. The minimum absolute atomic E-state index is 0.425. The third-order valence-electron chi connectivity index (χ3n) is 12.7. The molecule has 0 amide bonds. The summed E-state index contributed by atoms with van der Waals surface area (Å²) in [6, 6.07) is 69.3. The summed E-state index contributed by atoms with van der Waals surface area (Å²) in [6.45, 7) is 0. The Kier molecular flexibility index (Phi) is 7.89. The van der Waals surface area contributed by atoms with Gasteiger partial charge in [0.2, 0.25) is 0 Å². The van der Waals surface area contributed by atoms with Crippen molar-refractivity contribution in [3.05, 3.63) is 234 Å². The first-order valence-electron chi connectivity index (χ1n) is 20.8. The molecule has 1 atom stereocenters. The highest BCUT2D eigenvalue weighted by Crippen LogP contribution is 2.63. The zero-order chi connectivity index (χ0) is 39.6. The number of fused-ring (bicyclic) bond motifs is 9. The Morgan fingerprint density at radius 1 is 0.417 bits per heavy atom. The Balaban J connectivity index is 0.978. The zero-order valence-corrected chi connectivity index (χ0v) is 32.8. The largest absolute Gasteiger partial charge is 0.457 e. The first-order valence-corrected chi connectivity index (χ1v) is 20.8. The Hall–Kier alpha value is -7.62. The fourth-order valence-corrected chi connectivity index (χ4v) is 10.0. The van der Waals surface area contributed by atoms with Crippen molar-refractivity contribution in [1.29, 1.82) is 0 Å². The van der Waals surface area contributed by atoms with Gasteiger partial charge < -0.3 is 4.74 Å². The zero-order valence-electron chi connectivity index (χ0n) is 32.8. The molecule has 282 valence electrons. The van der Waals surface area contributed by atoms with E-state index in [0.717, 1.165) is 68.9 Å². The first-order chi connectivity index (χ1) is 29.7. The normalized spacial score (nSPS) is 15.9. The number of benzene rings is 8. The van der Waals surface area contributed by atoms with Crippen LogP contribution in [0, 0.1) is 0 Å². The summed E-state index contributed by atoms with van der Waals surface area (Å²) < 4.78 is 6.72. The van der Waals surface area contributed by atoms with Crippen molar-refractivity contribution in [3.63, 3.8) is 0 Å². The maximum Gasteiger partial charge on any atom is 0.160 e. The van der Waals surface area contributed by atoms with Crippen LogP contribution in [0.5, 0.6) is 11.5 Å². The lowest BCUT2D eigenvalue weighted by Crippen LogP contribution is -2.33. The number of allylic oxidation sites excluding steroid dienone is 4. The lowest BCUT2D eigenvalue weighted by Gasteiger charge is -2.41. The van der Waals surface area contributed by atoms with E-state index in [1.54, 1.807) is 0 Å². The summed E-state index contributed by atoms with van der Waals surface area (Å²) in [7, 11) is 0. The van der Waals surface area contributed by atoms with E-state index in [-0.39, 0.29) is 0 Å². The Bertz CT molecular complexity index is 3220. The average Bonchev–Trinajstić information content (AvgIpc) is 3.62. The second kappa shape index (κ2) is 13.8. The van der Waals surface area contributed by atoms with Crippen molar-refractivity contribution in [2.75, 3.05) is 0 Å². The molecule has 0 bridgehead atoms. The lowest BCUT2D eigenvalue weighted by molar-refractivity contribution is 0.432. The molecule has 3 heteroatoms. The van der Waals surface area contributed by atoms with Gasteiger partial charge in [0.1, 0.15) is 11.5 Å². The molecule has 8 aromatic carbocycles. The van der Waals surface area contributed by atoms with E-state index in [1.807, 2.05) is 18.2 Å². The van der Waals surface area contributed by atoms with Crippen LogP contribution >= 0.6 is 0 Å². The van der Waals surface area contributed by atoms with E-state index in [2.05, 4.69) is 188 Å². The van der Waals surface area contributed by atoms with Crippen LogP contribution in [0.4, 0.5) is 0 Å². The number of hydrogen-bond donors (Lipinski definition) is 0. The molecular formula is C57H38N2O. The molecule has 3 nitrogen and oxygen atoms in total. The van der Waals surface area contributed by atoms with Gasteiger partial charge in [0.15, 0.2) is 5.82 Å². The highest BCUT2D eigenvalue weighted by atomic mass is 16.5. The Morgan fingerprint density at radius 3 is 1.85 bits per heavy atom. The van der Waals surface area contributed by atoms with Crippen LogP contribution in [0.3, 0.4) is 0 Å². The predicted molar refractivity (Wildman–Crippen MR) is 245 cm³/mol. The van der Waals surface area contributed by atoms with E-state index in [4.69, 9.17) is 14.7 Å². The van der Waals surface area contributed by atoms with E-state index >= 15 is 0 Å². The van der Waals surface area contributed by atoms with E-state index < -0.39 is 5.41 Å². The first kappa shape index (κ1) is 34.4. The minimum Gasteiger partial charge on any atom is -0.457 e. The molecule has 1 aliphatic heterocycles. The van der Waals surface area contributed by atoms with Crippen molar-refractivity contribution < 1.29 is 4.74 Å². The average molecular weight is 767 g/mol. The summed E-state index contributed by atoms with van der Waals surface area (Å²) in [4.78, 5) is 10.4. The van der Waals surface area contributed by atoms with Gasteiger partial charge in [0, 0.05) is 27.8 Å². The number of rotatable bonds is 5. The van der Waals surface area contributed by atoms with Crippen molar-refractivity contribution in [1.82, 2.24) is 9.97 Å². The number of aromatic nitrogens is 2. The van der Waals surface area contributed by atoms with Gasteiger partial charge in [-0.1, -0.05) is 182 Å². The van der Waals surface area contributed by atoms with Crippen LogP contribution in [0.15, 0.2) is 212 Å². The maximum atomic E-state index is 6.72. The van der Waals surface area contributed by atoms with Crippen LogP contribution in [0.1, 0.15) is 35.1 Å². The Labute approximate surface area is 349 Å². The van der Waals surface area contributed by atoms with Gasteiger partial charge >= 0.3 is 0 Å². The van der Waals surface area contributed by atoms with Crippen molar-refractivity contribution in [3.8, 4) is 67.7 Å². The van der Waals surface area contributed by atoms with Gasteiger partial charge in [0.05, 0.1) is 16.8 Å². The van der Waals surface area contributed by atoms with E-state index in [0.29, 0.717) is 5.82 Å². The molecule has 0 saturated carbocycles.